The molecule has 1 heterocycles. The van der Waals surface area contributed by atoms with Crippen LogP contribution in [0.2, 0.25) is 0 Å². The summed E-state index contributed by atoms with van der Waals surface area (Å²) >= 11 is 0.685. The number of thioether (sulfide) groups is 1. The van der Waals surface area contributed by atoms with Crippen molar-refractivity contribution < 1.29 is 32.6 Å². The lowest BCUT2D eigenvalue weighted by Gasteiger charge is -2.14. The first kappa shape index (κ1) is 23.3. The summed E-state index contributed by atoms with van der Waals surface area (Å²) in [7, 11) is 1.29. The zero-order valence-electron chi connectivity index (χ0n) is 17.5. The molecule has 0 bridgehead atoms. The van der Waals surface area contributed by atoms with Crippen molar-refractivity contribution in [3.63, 3.8) is 0 Å². The molecule has 0 radical (unpaired) electrons. The molecule has 2 aromatic carbocycles. The summed E-state index contributed by atoms with van der Waals surface area (Å²) in [6, 6.07) is 9.63. The Morgan fingerprint density at radius 2 is 1.91 bits per heavy atom. The smallest absolute Gasteiger partial charge is 0.387 e. The largest absolute Gasteiger partial charge is 0.493 e. The summed E-state index contributed by atoms with van der Waals surface area (Å²) in [4.78, 5) is 38.3. The van der Waals surface area contributed by atoms with Gasteiger partial charge >= 0.3 is 6.61 Å². The molecule has 0 atom stereocenters. The summed E-state index contributed by atoms with van der Waals surface area (Å²) < 4.78 is 34.3. The van der Waals surface area contributed by atoms with Gasteiger partial charge in [0.1, 0.15) is 6.54 Å². The number of carbonyl (C=O) groups excluding carboxylic acids is 3. The molecule has 0 aliphatic carbocycles. The van der Waals surface area contributed by atoms with Crippen LogP contribution in [0.15, 0.2) is 41.3 Å². The molecule has 2 aromatic rings. The fourth-order valence-electron chi connectivity index (χ4n) is 3.04. The van der Waals surface area contributed by atoms with E-state index in [4.69, 9.17) is 4.74 Å². The topological polar surface area (TPSA) is 84.9 Å². The van der Waals surface area contributed by atoms with Crippen LogP contribution in [0.4, 0.5) is 19.3 Å². The maximum absolute atomic E-state index is 12.7. The first-order valence-electron chi connectivity index (χ1n) is 9.43. The first-order chi connectivity index (χ1) is 15.2. The van der Waals surface area contributed by atoms with E-state index in [1.54, 1.807) is 6.07 Å². The van der Waals surface area contributed by atoms with Gasteiger partial charge < -0.3 is 14.8 Å². The van der Waals surface area contributed by atoms with Crippen molar-refractivity contribution in [1.29, 1.82) is 0 Å². The molecule has 1 fully saturated rings. The second-order valence-corrected chi connectivity index (χ2v) is 7.92. The number of carbonyl (C=O) groups is 3. The van der Waals surface area contributed by atoms with Crippen LogP contribution < -0.4 is 14.8 Å². The third-order valence-corrected chi connectivity index (χ3v) is 5.44. The second kappa shape index (κ2) is 9.82. The lowest BCUT2D eigenvalue weighted by molar-refractivity contribution is -0.127. The number of halogens is 2. The van der Waals surface area contributed by atoms with Gasteiger partial charge in [0.05, 0.1) is 12.0 Å². The number of nitrogens with zero attached hydrogens (tertiary/aromatic N) is 1. The summed E-state index contributed by atoms with van der Waals surface area (Å²) in [5.74, 6) is -1.24. The monoisotopic (exact) mass is 462 g/mol. The summed E-state index contributed by atoms with van der Waals surface area (Å²) in [5, 5.41) is 2.12. The predicted octanol–water partition coefficient (Wildman–Crippen LogP) is 4.59. The number of ether oxygens (including phenoxy) is 2. The maximum atomic E-state index is 12.7. The molecule has 3 amide bonds. The van der Waals surface area contributed by atoms with Crippen molar-refractivity contribution in [2.75, 3.05) is 19.0 Å². The molecule has 1 N–H and O–H groups in total. The van der Waals surface area contributed by atoms with Gasteiger partial charge in [0, 0.05) is 5.69 Å². The van der Waals surface area contributed by atoms with Gasteiger partial charge in [-0.2, -0.15) is 8.78 Å². The molecular weight excluding hydrogens is 442 g/mol. The van der Waals surface area contributed by atoms with Gasteiger partial charge in [-0.3, -0.25) is 19.3 Å². The molecule has 0 unspecified atom stereocenters. The number of imide groups is 1. The van der Waals surface area contributed by atoms with Crippen LogP contribution >= 0.6 is 11.8 Å². The fourth-order valence-corrected chi connectivity index (χ4v) is 3.88. The predicted molar refractivity (Wildman–Crippen MR) is 117 cm³/mol. The molecule has 0 spiro atoms. The van der Waals surface area contributed by atoms with E-state index in [2.05, 4.69) is 10.1 Å². The number of methoxy groups -OCH3 is 1. The van der Waals surface area contributed by atoms with Crippen molar-refractivity contribution in [1.82, 2.24) is 4.90 Å². The Balaban J connectivity index is 1.72. The Kier molecular flexibility index (Phi) is 7.14. The molecule has 3 rings (SSSR count). The van der Waals surface area contributed by atoms with Crippen LogP contribution in [-0.4, -0.2) is 42.2 Å². The molecule has 168 valence electrons. The number of rotatable bonds is 7. The van der Waals surface area contributed by atoms with E-state index in [9.17, 15) is 23.2 Å². The fraction of sp³-hybridized carbons (Fsp3) is 0.227. The summed E-state index contributed by atoms with van der Waals surface area (Å²) in [6.07, 6.45) is 1.42. The third-order valence-electron chi connectivity index (χ3n) is 4.53. The minimum Gasteiger partial charge on any atom is -0.493 e. The zero-order chi connectivity index (χ0) is 23.4. The van der Waals surface area contributed by atoms with Crippen LogP contribution in [0.3, 0.4) is 0 Å². The molecule has 0 saturated carbocycles. The number of hydrogen-bond donors (Lipinski definition) is 1. The summed E-state index contributed by atoms with van der Waals surface area (Å²) in [6.45, 7) is 0.332. The Labute approximate surface area is 187 Å². The molecule has 10 heteroatoms. The van der Waals surface area contributed by atoms with Crippen LogP contribution in [-0.2, 0) is 9.59 Å². The second-order valence-electron chi connectivity index (χ2n) is 6.92. The lowest BCUT2D eigenvalue weighted by atomic mass is 10.1. The molecule has 7 nitrogen and oxygen atoms in total. The van der Waals surface area contributed by atoms with Crippen molar-refractivity contribution in [3.05, 3.63) is 58.0 Å². The minimum atomic E-state index is -3.01. The molecule has 1 aliphatic heterocycles. The number of anilines is 1. The lowest BCUT2D eigenvalue weighted by Crippen LogP contribution is -2.36. The van der Waals surface area contributed by atoms with Gasteiger partial charge in [-0.15, -0.1) is 0 Å². The van der Waals surface area contributed by atoms with E-state index in [1.165, 1.54) is 31.4 Å². The highest BCUT2D eigenvalue weighted by Crippen LogP contribution is 2.35. The minimum absolute atomic E-state index is 0.0473. The highest BCUT2D eigenvalue weighted by molar-refractivity contribution is 8.18. The SMILES string of the molecule is COc1cc(/C=C2\SC(=O)N(CC(=O)Nc3ccc(C)cc3C)C2=O)ccc1OC(F)F. The highest BCUT2D eigenvalue weighted by atomic mass is 32.2. The number of amides is 3. The Bertz CT molecular complexity index is 1100. The van der Waals surface area contributed by atoms with Crippen molar-refractivity contribution in [2.24, 2.45) is 0 Å². The van der Waals surface area contributed by atoms with E-state index in [0.717, 1.165) is 16.0 Å². The van der Waals surface area contributed by atoms with E-state index < -0.39 is 30.2 Å². The number of aryl methyl sites for hydroxylation is 2. The first-order valence-corrected chi connectivity index (χ1v) is 10.2. The maximum Gasteiger partial charge on any atom is 0.387 e. The van der Waals surface area contributed by atoms with Crippen molar-refractivity contribution in [2.45, 2.75) is 20.5 Å². The van der Waals surface area contributed by atoms with Gasteiger partial charge in [-0.05, 0) is 61.0 Å². The quantitative estimate of drug-likeness (QED) is 0.606. The normalized spacial score (nSPS) is 14.9. The number of alkyl halides is 2. The van der Waals surface area contributed by atoms with Gasteiger partial charge in [0.15, 0.2) is 11.5 Å². The van der Waals surface area contributed by atoms with Gasteiger partial charge in [-0.25, -0.2) is 0 Å². The standard InChI is InChI=1S/C22H20F2N2O5S/c1-12-4-6-15(13(2)8-12)25-19(27)11-26-20(28)18(32-22(26)29)10-14-5-7-16(31-21(23)24)17(9-14)30-3/h4-10,21H,11H2,1-3H3,(H,25,27)/b18-10-. The average Bonchev–Trinajstić information content (AvgIpc) is 2.98. The molecule has 32 heavy (non-hydrogen) atoms. The van der Waals surface area contributed by atoms with Gasteiger partial charge in [0.25, 0.3) is 11.1 Å². The van der Waals surface area contributed by atoms with Crippen molar-refractivity contribution >= 4 is 40.6 Å². The Morgan fingerprint density at radius 3 is 2.56 bits per heavy atom. The zero-order valence-corrected chi connectivity index (χ0v) is 18.3. The van der Waals surface area contributed by atoms with Crippen LogP contribution in [0, 0.1) is 13.8 Å². The third kappa shape index (κ3) is 5.44. The number of hydrogen-bond acceptors (Lipinski definition) is 6. The number of nitrogens with one attached hydrogen (secondary N) is 1. The van der Waals surface area contributed by atoms with Gasteiger partial charge in [-0.1, -0.05) is 23.8 Å². The van der Waals surface area contributed by atoms with Crippen LogP contribution in [0.1, 0.15) is 16.7 Å². The van der Waals surface area contributed by atoms with E-state index in [0.29, 0.717) is 23.0 Å². The van der Waals surface area contributed by atoms with Crippen LogP contribution in [0.25, 0.3) is 6.08 Å². The Morgan fingerprint density at radius 1 is 1.16 bits per heavy atom. The summed E-state index contributed by atoms with van der Waals surface area (Å²) in [5.41, 5.74) is 2.94. The highest BCUT2D eigenvalue weighted by Gasteiger charge is 2.36. The molecule has 0 aromatic heterocycles. The van der Waals surface area contributed by atoms with E-state index in [1.807, 2.05) is 26.0 Å². The van der Waals surface area contributed by atoms with E-state index >= 15 is 0 Å². The molecule has 1 saturated heterocycles. The average molecular weight is 462 g/mol. The number of benzene rings is 2. The Hall–Kier alpha value is -3.40. The van der Waals surface area contributed by atoms with Gasteiger partial charge in [0.2, 0.25) is 5.91 Å². The van der Waals surface area contributed by atoms with Crippen LogP contribution in [0.5, 0.6) is 11.5 Å². The molecule has 1 aliphatic rings. The molecular formula is C22H20F2N2O5S. The van der Waals surface area contributed by atoms with E-state index in [-0.39, 0.29) is 16.4 Å². The van der Waals surface area contributed by atoms with Crippen molar-refractivity contribution in [3.8, 4) is 11.5 Å².